The third-order valence-electron chi connectivity index (χ3n) is 4.73. The van der Waals surface area contributed by atoms with Gasteiger partial charge >= 0.3 is 0 Å². The van der Waals surface area contributed by atoms with E-state index in [0.717, 1.165) is 0 Å². The summed E-state index contributed by atoms with van der Waals surface area (Å²) in [7, 11) is 0. The van der Waals surface area contributed by atoms with Crippen LogP contribution < -0.4 is 5.32 Å². The number of hydrogen-bond acceptors (Lipinski definition) is 4. The summed E-state index contributed by atoms with van der Waals surface area (Å²) >= 11 is 1.85. The molecule has 0 aromatic carbocycles. The lowest BCUT2D eigenvalue weighted by atomic mass is 9.96. The van der Waals surface area contributed by atoms with Crippen LogP contribution in [0.4, 0.5) is 0 Å². The van der Waals surface area contributed by atoms with E-state index in [1.807, 2.05) is 17.5 Å². The summed E-state index contributed by atoms with van der Waals surface area (Å²) in [6.07, 6.45) is 8.77. The first-order valence-corrected chi connectivity index (χ1v) is 8.42. The first kappa shape index (κ1) is 13.5. The van der Waals surface area contributed by atoms with Crippen molar-refractivity contribution in [2.75, 3.05) is 19.6 Å². The highest BCUT2D eigenvalue weighted by atomic mass is 32.1. The molecule has 1 aliphatic heterocycles. The van der Waals surface area contributed by atoms with Crippen LogP contribution in [0.5, 0.6) is 0 Å². The van der Waals surface area contributed by atoms with Crippen LogP contribution in [0.1, 0.15) is 55.0 Å². The minimum atomic E-state index is 0.400. The fraction of sp³-hybridized carbons (Fsp3) is 0.800. The Bertz CT molecular complexity index is 423. The number of rotatable bonds is 2. The second-order valence-corrected chi connectivity index (χ2v) is 7.49. The fourth-order valence-electron chi connectivity index (χ4n) is 3.60. The summed E-state index contributed by atoms with van der Waals surface area (Å²) in [6.45, 7) is 8.06. The molecule has 2 fully saturated rings. The predicted octanol–water partition coefficient (Wildman–Crippen LogP) is 3.12. The van der Waals surface area contributed by atoms with Crippen LogP contribution in [0.2, 0.25) is 0 Å². The maximum atomic E-state index is 4.59. The molecule has 19 heavy (non-hydrogen) atoms. The number of nitrogens with zero attached hydrogens (tertiary/aromatic N) is 2. The van der Waals surface area contributed by atoms with E-state index < -0.39 is 0 Å². The van der Waals surface area contributed by atoms with E-state index >= 15 is 0 Å². The Morgan fingerprint density at radius 1 is 1.37 bits per heavy atom. The summed E-state index contributed by atoms with van der Waals surface area (Å²) in [6, 6.07) is 0.469. The largest absolute Gasteiger partial charge is 0.310 e. The Morgan fingerprint density at radius 2 is 2.16 bits per heavy atom. The molecule has 0 bridgehead atoms. The zero-order valence-electron chi connectivity index (χ0n) is 12.1. The standard InChI is InChI=1S/C15H25N3S/c1-12-10-16-14(19-12)13(2)18-9-5-8-17-15(11-18)6-3-4-7-15/h10,13,17H,3-9,11H2,1-2H3. The van der Waals surface area contributed by atoms with Crippen molar-refractivity contribution in [3.8, 4) is 0 Å². The molecule has 1 atom stereocenters. The van der Waals surface area contributed by atoms with Gasteiger partial charge in [0.1, 0.15) is 5.01 Å². The number of nitrogens with one attached hydrogen (secondary N) is 1. The van der Waals surface area contributed by atoms with Crippen molar-refractivity contribution in [2.45, 2.75) is 57.5 Å². The SMILES string of the molecule is Cc1cnc(C(C)N2CCCNC3(CCCC3)C2)s1. The van der Waals surface area contributed by atoms with Gasteiger partial charge in [-0.2, -0.15) is 0 Å². The van der Waals surface area contributed by atoms with Crippen LogP contribution in [0.3, 0.4) is 0 Å². The molecule has 1 saturated carbocycles. The number of hydrogen-bond donors (Lipinski definition) is 1. The molecule has 1 unspecified atom stereocenters. The van der Waals surface area contributed by atoms with Gasteiger partial charge in [-0.15, -0.1) is 11.3 Å². The predicted molar refractivity (Wildman–Crippen MR) is 80.7 cm³/mol. The van der Waals surface area contributed by atoms with Crippen molar-refractivity contribution >= 4 is 11.3 Å². The van der Waals surface area contributed by atoms with Crippen LogP contribution in [-0.4, -0.2) is 35.1 Å². The second kappa shape index (κ2) is 5.51. The maximum absolute atomic E-state index is 4.59. The highest BCUT2D eigenvalue weighted by Crippen LogP contribution is 2.34. The highest BCUT2D eigenvalue weighted by Gasteiger charge is 2.37. The monoisotopic (exact) mass is 279 g/mol. The van der Waals surface area contributed by atoms with Crippen molar-refractivity contribution in [3.63, 3.8) is 0 Å². The first-order valence-electron chi connectivity index (χ1n) is 7.60. The molecule has 1 aliphatic carbocycles. The van der Waals surface area contributed by atoms with Crippen LogP contribution in [0, 0.1) is 6.92 Å². The van der Waals surface area contributed by atoms with Gasteiger partial charge < -0.3 is 5.32 Å². The fourth-order valence-corrected chi connectivity index (χ4v) is 4.46. The highest BCUT2D eigenvalue weighted by molar-refractivity contribution is 7.11. The molecule has 1 saturated heterocycles. The zero-order chi connectivity index (χ0) is 13.3. The minimum Gasteiger partial charge on any atom is -0.310 e. The molecule has 1 N–H and O–H groups in total. The van der Waals surface area contributed by atoms with E-state index in [9.17, 15) is 0 Å². The van der Waals surface area contributed by atoms with Gasteiger partial charge in [0.2, 0.25) is 0 Å². The summed E-state index contributed by atoms with van der Waals surface area (Å²) in [5.74, 6) is 0. The molecule has 3 nitrogen and oxygen atoms in total. The average Bonchev–Trinajstić information content (AvgIpc) is 2.96. The molecule has 2 heterocycles. The smallest absolute Gasteiger partial charge is 0.110 e. The Hall–Kier alpha value is -0.450. The normalized spacial score (nSPS) is 25.6. The van der Waals surface area contributed by atoms with E-state index in [-0.39, 0.29) is 0 Å². The van der Waals surface area contributed by atoms with Crippen LogP contribution >= 0.6 is 11.3 Å². The van der Waals surface area contributed by atoms with Gasteiger partial charge in [0.05, 0.1) is 6.04 Å². The van der Waals surface area contributed by atoms with Crippen LogP contribution in [-0.2, 0) is 0 Å². The number of thiazole rings is 1. The molecule has 0 radical (unpaired) electrons. The quantitative estimate of drug-likeness (QED) is 0.901. The molecule has 4 heteroatoms. The van der Waals surface area contributed by atoms with Crippen molar-refractivity contribution in [3.05, 3.63) is 16.1 Å². The van der Waals surface area contributed by atoms with Crippen molar-refractivity contribution < 1.29 is 0 Å². The Kier molecular flexibility index (Phi) is 3.92. The third-order valence-corrected chi connectivity index (χ3v) is 5.82. The van der Waals surface area contributed by atoms with Gasteiger partial charge in [0, 0.05) is 29.7 Å². The summed E-state index contributed by atoms with van der Waals surface area (Å²) in [4.78, 5) is 8.57. The van der Waals surface area contributed by atoms with Crippen LogP contribution in [0.15, 0.2) is 6.20 Å². The molecule has 0 amide bonds. The molecule has 2 aliphatic rings. The lowest BCUT2D eigenvalue weighted by Crippen LogP contribution is -2.49. The van der Waals surface area contributed by atoms with Gasteiger partial charge in [0.15, 0.2) is 0 Å². The van der Waals surface area contributed by atoms with Gasteiger partial charge in [-0.05, 0) is 39.7 Å². The van der Waals surface area contributed by atoms with E-state index in [0.29, 0.717) is 11.6 Å². The summed E-state index contributed by atoms with van der Waals surface area (Å²) in [5, 5.41) is 5.12. The molecule has 106 valence electrons. The van der Waals surface area contributed by atoms with E-state index in [4.69, 9.17) is 0 Å². The maximum Gasteiger partial charge on any atom is 0.110 e. The summed E-state index contributed by atoms with van der Waals surface area (Å²) in [5.41, 5.74) is 0.400. The van der Waals surface area contributed by atoms with Gasteiger partial charge in [-0.1, -0.05) is 12.8 Å². The molecular formula is C15H25N3S. The lowest BCUT2D eigenvalue weighted by Gasteiger charge is -2.35. The molecule has 1 aromatic rings. The minimum absolute atomic E-state index is 0.400. The summed E-state index contributed by atoms with van der Waals surface area (Å²) < 4.78 is 0. The van der Waals surface area contributed by atoms with Crippen molar-refractivity contribution in [2.24, 2.45) is 0 Å². The molecule has 1 spiro atoms. The zero-order valence-corrected chi connectivity index (χ0v) is 12.9. The number of aromatic nitrogens is 1. The third kappa shape index (κ3) is 2.86. The Morgan fingerprint density at radius 3 is 2.84 bits per heavy atom. The Labute approximate surface area is 120 Å². The second-order valence-electron chi connectivity index (χ2n) is 6.22. The Balaban J connectivity index is 1.75. The molecule has 3 rings (SSSR count). The van der Waals surface area contributed by atoms with E-state index in [2.05, 4.69) is 29.0 Å². The van der Waals surface area contributed by atoms with Gasteiger partial charge in [0.25, 0.3) is 0 Å². The van der Waals surface area contributed by atoms with Crippen molar-refractivity contribution in [1.29, 1.82) is 0 Å². The topological polar surface area (TPSA) is 28.2 Å². The van der Waals surface area contributed by atoms with Gasteiger partial charge in [-0.3, -0.25) is 4.90 Å². The number of aryl methyl sites for hydroxylation is 1. The van der Waals surface area contributed by atoms with Crippen LogP contribution in [0.25, 0.3) is 0 Å². The van der Waals surface area contributed by atoms with Gasteiger partial charge in [-0.25, -0.2) is 4.98 Å². The van der Waals surface area contributed by atoms with E-state index in [1.54, 1.807) is 0 Å². The van der Waals surface area contributed by atoms with E-state index in [1.165, 1.54) is 61.6 Å². The molecular weight excluding hydrogens is 254 g/mol. The first-order chi connectivity index (χ1) is 9.19. The molecule has 1 aromatic heterocycles. The van der Waals surface area contributed by atoms with Crippen molar-refractivity contribution in [1.82, 2.24) is 15.2 Å². The average molecular weight is 279 g/mol. The lowest BCUT2D eigenvalue weighted by molar-refractivity contribution is 0.165.